The monoisotopic (exact) mass is 546 g/mol. The number of amidine groups is 1. The van der Waals surface area contributed by atoms with Crippen LogP contribution in [0, 0.1) is 5.92 Å². The van der Waals surface area contributed by atoms with Crippen LogP contribution < -0.4 is 10.3 Å². The van der Waals surface area contributed by atoms with Gasteiger partial charge in [-0.1, -0.05) is 95.7 Å². The first-order valence-electron chi connectivity index (χ1n) is 14.2. The van der Waals surface area contributed by atoms with E-state index in [1.165, 1.54) is 94.0 Å². The SMILES string of the molecule is CCCCCCCSC1=NNC2c3c(sc4c3CC[C@@H](C)C4)-n3c(SCCCCCCC)nnc3N12. The van der Waals surface area contributed by atoms with Crippen LogP contribution in [0.2, 0.25) is 0 Å². The molecule has 6 nitrogen and oxygen atoms in total. The molecule has 0 bridgehead atoms. The van der Waals surface area contributed by atoms with Crippen LogP contribution in [-0.4, -0.2) is 31.4 Å². The minimum Gasteiger partial charge on any atom is -0.280 e. The van der Waals surface area contributed by atoms with E-state index in [1.54, 1.807) is 10.4 Å². The molecule has 9 heteroatoms. The molecule has 0 saturated heterocycles. The minimum absolute atomic E-state index is 0.0552. The molecule has 2 aromatic rings. The Morgan fingerprint density at radius 3 is 2.42 bits per heavy atom. The molecular weight excluding hydrogens is 505 g/mol. The summed E-state index contributed by atoms with van der Waals surface area (Å²) in [6, 6.07) is 0. The van der Waals surface area contributed by atoms with Crippen molar-refractivity contribution in [3.05, 3.63) is 16.0 Å². The van der Waals surface area contributed by atoms with Gasteiger partial charge in [0.05, 0.1) is 0 Å². The van der Waals surface area contributed by atoms with Gasteiger partial charge in [-0.2, -0.15) is 5.10 Å². The molecule has 0 aromatic carbocycles. The van der Waals surface area contributed by atoms with E-state index < -0.39 is 0 Å². The van der Waals surface area contributed by atoms with Crippen LogP contribution in [0.5, 0.6) is 0 Å². The maximum absolute atomic E-state index is 4.84. The van der Waals surface area contributed by atoms with E-state index in [2.05, 4.69) is 35.7 Å². The zero-order valence-corrected chi connectivity index (χ0v) is 24.7. The Hall–Kier alpha value is -1.19. The third-order valence-electron chi connectivity index (χ3n) is 7.55. The van der Waals surface area contributed by atoms with Gasteiger partial charge in [0, 0.05) is 21.9 Å². The third-order valence-corrected chi connectivity index (χ3v) is 10.9. The van der Waals surface area contributed by atoms with Gasteiger partial charge in [0.15, 0.2) is 16.5 Å². The lowest BCUT2D eigenvalue weighted by Gasteiger charge is -2.32. The predicted octanol–water partition coefficient (Wildman–Crippen LogP) is 7.91. The minimum atomic E-state index is 0.0552. The predicted molar refractivity (Wildman–Crippen MR) is 157 cm³/mol. The zero-order valence-electron chi connectivity index (χ0n) is 22.2. The average molecular weight is 547 g/mol. The van der Waals surface area contributed by atoms with E-state index in [0.717, 1.165) is 33.7 Å². The first-order valence-corrected chi connectivity index (χ1v) is 17.0. The van der Waals surface area contributed by atoms with Crippen LogP contribution >= 0.6 is 34.9 Å². The topological polar surface area (TPSA) is 58.3 Å². The van der Waals surface area contributed by atoms with E-state index in [9.17, 15) is 0 Å². The molecule has 5 rings (SSSR count). The number of unbranched alkanes of at least 4 members (excludes halogenated alkanes) is 8. The van der Waals surface area contributed by atoms with E-state index in [-0.39, 0.29) is 6.17 Å². The Labute approximate surface area is 229 Å². The standard InChI is InChI=1S/C27H42N6S3/c1-4-6-8-10-12-16-34-26-30-28-23-22-20-15-14-19(3)18-21(20)36-24(22)33-25(32(23)26)29-31-27(33)35-17-13-11-9-7-5-2/h19,23,28H,4-18H2,1-3H3/t19-,23?/m1/s1. The summed E-state index contributed by atoms with van der Waals surface area (Å²) in [6.45, 7) is 6.94. The quantitative estimate of drug-likeness (QED) is 0.203. The van der Waals surface area contributed by atoms with Gasteiger partial charge in [-0.3, -0.25) is 10.3 Å². The van der Waals surface area contributed by atoms with Crippen LogP contribution in [0.15, 0.2) is 10.3 Å². The third kappa shape index (κ3) is 5.48. The number of hydrazone groups is 1. The summed E-state index contributed by atoms with van der Waals surface area (Å²) in [4.78, 5) is 3.90. The fourth-order valence-corrected chi connectivity index (χ4v) is 8.98. The highest BCUT2D eigenvalue weighted by atomic mass is 32.2. The number of thiophene rings is 1. The Kier molecular flexibility index (Phi) is 9.22. The molecule has 0 radical (unpaired) electrons. The number of hydrogen-bond donors (Lipinski definition) is 1. The van der Waals surface area contributed by atoms with Crippen molar-refractivity contribution < 1.29 is 0 Å². The van der Waals surface area contributed by atoms with Crippen molar-refractivity contribution in [2.75, 3.05) is 16.4 Å². The summed E-state index contributed by atoms with van der Waals surface area (Å²) in [5.41, 5.74) is 6.50. The second-order valence-corrected chi connectivity index (χ2v) is 13.7. The zero-order chi connectivity index (χ0) is 24.9. The molecule has 2 aliphatic heterocycles. The van der Waals surface area contributed by atoms with Crippen LogP contribution in [0.25, 0.3) is 5.00 Å². The van der Waals surface area contributed by atoms with Gasteiger partial charge in [0.2, 0.25) is 5.95 Å². The van der Waals surface area contributed by atoms with Crippen molar-refractivity contribution >= 4 is 46.0 Å². The van der Waals surface area contributed by atoms with E-state index in [1.807, 2.05) is 34.9 Å². The summed E-state index contributed by atoms with van der Waals surface area (Å²) in [7, 11) is 0. The second-order valence-electron chi connectivity index (χ2n) is 10.5. The molecule has 2 aromatic heterocycles. The number of thioether (sulfide) groups is 2. The molecule has 2 atom stereocenters. The first kappa shape index (κ1) is 26.4. The number of nitrogens with one attached hydrogen (secondary N) is 1. The molecule has 1 N–H and O–H groups in total. The fraction of sp³-hybridized carbons (Fsp3) is 0.741. The highest BCUT2D eigenvalue weighted by Crippen LogP contribution is 2.50. The van der Waals surface area contributed by atoms with Gasteiger partial charge < -0.3 is 0 Å². The Morgan fingerprint density at radius 2 is 1.67 bits per heavy atom. The number of anilines is 1. The lowest BCUT2D eigenvalue weighted by atomic mass is 9.87. The molecule has 36 heavy (non-hydrogen) atoms. The molecule has 0 amide bonds. The largest absolute Gasteiger partial charge is 0.280 e. The van der Waals surface area contributed by atoms with E-state index in [0.29, 0.717) is 0 Å². The molecule has 0 spiro atoms. The molecule has 1 aliphatic carbocycles. The van der Waals surface area contributed by atoms with Gasteiger partial charge in [-0.25, -0.2) is 4.57 Å². The van der Waals surface area contributed by atoms with Crippen molar-refractivity contribution in [2.45, 2.75) is 116 Å². The average Bonchev–Trinajstić information content (AvgIpc) is 3.58. The molecule has 4 heterocycles. The van der Waals surface area contributed by atoms with Crippen molar-refractivity contribution in [2.24, 2.45) is 11.0 Å². The Morgan fingerprint density at radius 1 is 0.944 bits per heavy atom. The summed E-state index contributed by atoms with van der Waals surface area (Å²) in [5, 5.41) is 17.7. The maximum atomic E-state index is 4.84. The molecule has 3 aliphatic rings. The van der Waals surface area contributed by atoms with Gasteiger partial charge in [0.25, 0.3) is 0 Å². The summed E-state index contributed by atoms with van der Waals surface area (Å²) in [5.74, 6) is 3.91. The Balaban J connectivity index is 1.37. The normalized spacial score (nSPS) is 20.0. The van der Waals surface area contributed by atoms with Crippen LogP contribution in [0.4, 0.5) is 5.95 Å². The highest BCUT2D eigenvalue weighted by molar-refractivity contribution is 8.14. The summed E-state index contributed by atoms with van der Waals surface area (Å²) in [6.07, 6.45) is 16.7. The van der Waals surface area contributed by atoms with Gasteiger partial charge >= 0.3 is 0 Å². The van der Waals surface area contributed by atoms with E-state index in [4.69, 9.17) is 15.3 Å². The summed E-state index contributed by atoms with van der Waals surface area (Å²) >= 11 is 5.73. The van der Waals surface area contributed by atoms with Gasteiger partial charge in [0.1, 0.15) is 5.00 Å². The highest BCUT2D eigenvalue weighted by Gasteiger charge is 2.44. The van der Waals surface area contributed by atoms with E-state index >= 15 is 0 Å². The number of rotatable bonds is 13. The molecule has 0 saturated carbocycles. The molecule has 1 unspecified atom stereocenters. The van der Waals surface area contributed by atoms with Gasteiger partial charge in [-0.15, -0.1) is 21.5 Å². The van der Waals surface area contributed by atoms with Crippen LogP contribution in [0.1, 0.15) is 114 Å². The number of nitrogens with zero attached hydrogens (tertiary/aromatic N) is 5. The second kappa shape index (κ2) is 12.6. The van der Waals surface area contributed by atoms with Crippen molar-refractivity contribution in [3.8, 4) is 5.00 Å². The maximum Gasteiger partial charge on any atom is 0.241 e. The fourth-order valence-electron chi connectivity index (χ4n) is 5.47. The number of fused-ring (bicyclic) bond motifs is 8. The molecular formula is C27H42N6S3. The number of aromatic nitrogens is 3. The van der Waals surface area contributed by atoms with Crippen molar-refractivity contribution in [1.29, 1.82) is 0 Å². The smallest absolute Gasteiger partial charge is 0.241 e. The van der Waals surface area contributed by atoms with Crippen LogP contribution in [0.3, 0.4) is 0 Å². The van der Waals surface area contributed by atoms with Crippen molar-refractivity contribution in [1.82, 2.24) is 20.2 Å². The molecule has 198 valence electrons. The van der Waals surface area contributed by atoms with Crippen LogP contribution in [-0.2, 0) is 12.8 Å². The van der Waals surface area contributed by atoms with Crippen molar-refractivity contribution in [3.63, 3.8) is 0 Å². The summed E-state index contributed by atoms with van der Waals surface area (Å²) < 4.78 is 2.36. The Bertz CT molecular complexity index is 1040. The molecule has 0 fully saturated rings. The van der Waals surface area contributed by atoms with Gasteiger partial charge in [-0.05, 0) is 43.6 Å². The first-order chi connectivity index (χ1) is 17.7. The lowest BCUT2D eigenvalue weighted by Crippen LogP contribution is -2.38. The lowest BCUT2D eigenvalue weighted by molar-refractivity contribution is 0.498. The number of hydrogen-bond acceptors (Lipinski definition) is 8.